The molecule has 0 unspecified atom stereocenters. The van der Waals surface area contributed by atoms with Gasteiger partial charge in [0.05, 0.1) is 17.1 Å². The molecule has 0 saturated carbocycles. The highest BCUT2D eigenvalue weighted by Gasteiger charge is 2.08. The minimum atomic E-state index is -0.455. The lowest BCUT2D eigenvalue weighted by Gasteiger charge is -2.07. The molecule has 3 N–H and O–H groups in total. The van der Waals surface area contributed by atoms with Crippen LogP contribution in [-0.4, -0.2) is 21.6 Å². The zero-order valence-electron chi connectivity index (χ0n) is 9.84. The first-order chi connectivity index (χ1) is 9.15. The Morgan fingerprint density at radius 2 is 2.11 bits per heavy atom. The summed E-state index contributed by atoms with van der Waals surface area (Å²) in [6, 6.07) is 5.50. The third-order valence-electron chi connectivity index (χ3n) is 2.16. The Labute approximate surface area is 113 Å². The van der Waals surface area contributed by atoms with E-state index in [-0.39, 0.29) is 17.3 Å². The molecule has 0 aliphatic carbocycles. The third kappa shape index (κ3) is 3.92. The first-order valence-electron chi connectivity index (χ1n) is 5.40. The van der Waals surface area contributed by atoms with E-state index in [0.717, 1.165) is 0 Å². The number of hydrogen-bond donors (Lipinski definition) is 2. The van der Waals surface area contributed by atoms with Crippen LogP contribution in [0.15, 0.2) is 41.8 Å². The van der Waals surface area contributed by atoms with Gasteiger partial charge >= 0.3 is 0 Å². The summed E-state index contributed by atoms with van der Waals surface area (Å²) in [5.74, 6) is -0.627. The van der Waals surface area contributed by atoms with Crippen molar-refractivity contribution in [2.24, 2.45) is 0 Å². The topological polar surface area (TPSA) is 80.9 Å². The molecule has 0 bridgehead atoms. The van der Waals surface area contributed by atoms with Crippen LogP contribution < -0.4 is 11.1 Å². The maximum absolute atomic E-state index is 13.0. The molecule has 0 saturated heterocycles. The number of benzene rings is 1. The number of nitrogens with zero attached hydrogens (tertiary/aromatic N) is 2. The van der Waals surface area contributed by atoms with Crippen LogP contribution in [0.2, 0.25) is 0 Å². The van der Waals surface area contributed by atoms with E-state index in [0.29, 0.717) is 10.8 Å². The number of nitrogens with one attached hydrogen (secondary N) is 1. The van der Waals surface area contributed by atoms with Gasteiger partial charge in [-0.1, -0.05) is 11.8 Å². The zero-order valence-corrected chi connectivity index (χ0v) is 10.7. The Bertz CT molecular complexity index is 579. The number of thioether (sulfide) groups is 1. The molecule has 5 nitrogen and oxygen atoms in total. The van der Waals surface area contributed by atoms with E-state index in [2.05, 4.69) is 15.3 Å². The van der Waals surface area contributed by atoms with Crippen molar-refractivity contribution >= 4 is 29.0 Å². The first-order valence-corrected chi connectivity index (χ1v) is 6.38. The third-order valence-corrected chi connectivity index (χ3v) is 3.04. The van der Waals surface area contributed by atoms with Crippen molar-refractivity contribution in [3.63, 3.8) is 0 Å². The van der Waals surface area contributed by atoms with Crippen LogP contribution in [0.4, 0.5) is 15.8 Å². The molecule has 0 aliphatic rings. The molecule has 1 aromatic carbocycles. The molecule has 0 spiro atoms. The van der Waals surface area contributed by atoms with E-state index < -0.39 is 5.82 Å². The summed E-state index contributed by atoms with van der Waals surface area (Å²) < 4.78 is 13.0. The van der Waals surface area contributed by atoms with E-state index in [1.54, 1.807) is 18.5 Å². The van der Waals surface area contributed by atoms with E-state index >= 15 is 0 Å². The van der Waals surface area contributed by atoms with E-state index in [4.69, 9.17) is 5.73 Å². The first kappa shape index (κ1) is 13.3. The number of nitrogen functional groups attached to an aromatic ring is 1. The highest BCUT2D eigenvalue weighted by atomic mass is 32.2. The number of nitrogens with two attached hydrogens (primary N) is 1. The van der Waals surface area contributed by atoms with Crippen LogP contribution in [0.25, 0.3) is 0 Å². The van der Waals surface area contributed by atoms with E-state index in [1.807, 2.05) is 0 Å². The molecule has 1 amide bonds. The van der Waals surface area contributed by atoms with Crippen molar-refractivity contribution in [1.82, 2.24) is 9.97 Å². The number of aromatic nitrogens is 2. The quantitative estimate of drug-likeness (QED) is 0.507. The lowest BCUT2D eigenvalue weighted by Crippen LogP contribution is -2.15. The molecule has 19 heavy (non-hydrogen) atoms. The van der Waals surface area contributed by atoms with Gasteiger partial charge in [-0.3, -0.25) is 4.79 Å². The summed E-state index contributed by atoms with van der Waals surface area (Å²) in [5, 5.41) is 3.05. The van der Waals surface area contributed by atoms with E-state index in [1.165, 1.54) is 30.0 Å². The van der Waals surface area contributed by atoms with Crippen LogP contribution >= 0.6 is 11.8 Å². The predicted molar refractivity (Wildman–Crippen MR) is 72.2 cm³/mol. The average molecular weight is 278 g/mol. The lowest BCUT2D eigenvalue weighted by atomic mass is 10.2. The lowest BCUT2D eigenvalue weighted by molar-refractivity contribution is -0.113. The van der Waals surface area contributed by atoms with Crippen LogP contribution in [0, 0.1) is 5.82 Å². The van der Waals surface area contributed by atoms with Crippen LogP contribution in [0.3, 0.4) is 0 Å². The van der Waals surface area contributed by atoms with Gasteiger partial charge in [-0.2, -0.15) is 0 Å². The highest BCUT2D eigenvalue weighted by Crippen LogP contribution is 2.20. The van der Waals surface area contributed by atoms with Crippen molar-refractivity contribution in [3.8, 4) is 0 Å². The second-order valence-corrected chi connectivity index (χ2v) is 4.54. The molecule has 2 aromatic rings. The minimum Gasteiger partial charge on any atom is -0.397 e. The normalized spacial score (nSPS) is 10.2. The van der Waals surface area contributed by atoms with Crippen molar-refractivity contribution in [2.75, 3.05) is 16.8 Å². The molecule has 0 atom stereocenters. The number of halogens is 1. The van der Waals surface area contributed by atoms with Gasteiger partial charge in [-0.15, -0.1) is 0 Å². The molecule has 1 aromatic heterocycles. The average Bonchev–Trinajstić information content (AvgIpc) is 2.42. The van der Waals surface area contributed by atoms with Gasteiger partial charge in [-0.05, 0) is 24.3 Å². The maximum Gasteiger partial charge on any atom is 0.234 e. The molecule has 7 heteroatoms. The second kappa shape index (κ2) is 6.14. The number of anilines is 2. The standard InChI is InChI=1S/C12H11FN4OS/c13-8-2-3-9(14)10(6-8)17-11(18)7-19-12-15-4-1-5-16-12/h1-6H,7,14H2,(H,17,18). The molecule has 1 heterocycles. The van der Waals surface area contributed by atoms with Gasteiger partial charge in [0.2, 0.25) is 5.91 Å². The van der Waals surface area contributed by atoms with Crippen LogP contribution in [0.5, 0.6) is 0 Å². The summed E-state index contributed by atoms with van der Waals surface area (Å²) >= 11 is 1.19. The van der Waals surface area contributed by atoms with Gasteiger partial charge < -0.3 is 11.1 Å². The Morgan fingerprint density at radius 3 is 2.84 bits per heavy atom. The highest BCUT2D eigenvalue weighted by molar-refractivity contribution is 7.99. The fourth-order valence-electron chi connectivity index (χ4n) is 1.31. The van der Waals surface area contributed by atoms with Crippen molar-refractivity contribution in [2.45, 2.75) is 5.16 Å². The van der Waals surface area contributed by atoms with Gasteiger partial charge in [0.25, 0.3) is 0 Å². The van der Waals surface area contributed by atoms with Crippen LogP contribution in [0.1, 0.15) is 0 Å². The van der Waals surface area contributed by atoms with Gasteiger partial charge in [0.1, 0.15) is 5.82 Å². The van der Waals surface area contributed by atoms with E-state index in [9.17, 15) is 9.18 Å². The minimum absolute atomic E-state index is 0.125. The number of carbonyl (C=O) groups is 1. The van der Waals surface area contributed by atoms with Crippen molar-refractivity contribution < 1.29 is 9.18 Å². The fraction of sp³-hybridized carbons (Fsp3) is 0.0833. The molecule has 0 radical (unpaired) electrons. The summed E-state index contributed by atoms with van der Waals surface area (Å²) in [4.78, 5) is 19.6. The van der Waals surface area contributed by atoms with Crippen LogP contribution in [-0.2, 0) is 4.79 Å². The van der Waals surface area contributed by atoms with Gasteiger partial charge in [-0.25, -0.2) is 14.4 Å². The Hall–Kier alpha value is -2.15. The molecular formula is C12H11FN4OS. The SMILES string of the molecule is Nc1ccc(F)cc1NC(=O)CSc1ncccn1. The summed E-state index contributed by atoms with van der Waals surface area (Å²) in [5.41, 5.74) is 6.21. The smallest absolute Gasteiger partial charge is 0.234 e. The summed E-state index contributed by atoms with van der Waals surface area (Å²) in [6.45, 7) is 0. The molecular weight excluding hydrogens is 267 g/mol. The molecule has 2 rings (SSSR count). The van der Waals surface area contributed by atoms with Gasteiger partial charge in [0.15, 0.2) is 5.16 Å². The largest absolute Gasteiger partial charge is 0.397 e. The fourth-order valence-corrected chi connectivity index (χ4v) is 1.92. The molecule has 98 valence electrons. The predicted octanol–water partition coefficient (Wildman–Crippen LogP) is 1.93. The zero-order chi connectivity index (χ0) is 13.7. The Balaban J connectivity index is 1.93. The molecule has 0 fully saturated rings. The van der Waals surface area contributed by atoms with Crippen molar-refractivity contribution in [1.29, 1.82) is 0 Å². The Morgan fingerprint density at radius 1 is 1.37 bits per heavy atom. The summed E-state index contributed by atoms with van der Waals surface area (Å²) in [7, 11) is 0. The number of carbonyl (C=O) groups excluding carboxylic acids is 1. The monoisotopic (exact) mass is 278 g/mol. The van der Waals surface area contributed by atoms with Crippen molar-refractivity contribution in [3.05, 3.63) is 42.5 Å². The Kier molecular flexibility index (Phi) is 4.30. The number of hydrogen-bond acceptors (Lipinski definition) is 5. The maximum atomic E-state index is 13.0. The number of amides is 1. The summed E-state index contributed by atoms with van der Waals surface area (Å²) in [6.07, 6.45) is 3.19. The van der Waals surface area contributed by atoms with Gasteiger partial charge in [0, 0.05) is 12.4 Å². The second-order valence-electron chi connectivity index (χ2n) is 3.60. The molecule has 0 aliphatic heterocycles. The number of rotatable bonds is 4.